The van der Waals surface area contributed by atoms with E-state index in [9.17, 15) is 9.00 Å². The molecule has 0 bridgehead atoms. The quantitative estimate of drug-likeness (QED) is 0.694. The first kappa shape index (κ1) is 20.6. The molecule has 2 atom stereocenters. The molecule has 2 aliphatic heterocycles. The number of rotatable bonds is 5. The summed E-state index contributed by atoms with van der Waals surface area (Å²) >= 11 is 0. The minimum absolute atomic E-state index is 0.105. The number of hydrogen-bond acceptors (Lipinski definition) is 10. The van der Waals surface area contributed by atoms with Gasteiger partial charge in [0.25, 0.3) is 0 Å². The molecule has 160 valence electrons. The third-order valence-electron chi connectivity index (χ3n) is 5.11. The van der Waals surface area contributed by atoms with E-state index in [0.29, 0.717) is 62.3 Å². The molecule has 2 saturated heterocycles. The zero-order valence-electron chi connectivity index (χ0n) is 16.9. The van der Waals surface area contributed by atoms with E-state index >= 15 is 0 Å². The summed E-state index contributed by atoms with van der Waals surface area (Å²) in [6, 6.07) is 5.01. The zero-order chi connectivity index (χ0) is 21.3. The van der Waals surface area contributed by atoms with Gasteiger partial charge in [-0.2, -0.15) is 4.36 Å². The van der Waals surface area contributed by atoms with Gasteiger partial charge in [0.05, 0.1) is 47.4 Å². The van der Waals surface area contributed by atoms with Gasteiger partial charge in [-0.1, -0.05) is 0 Å². The van der Waals surface area contributed by atoms with Crippen LogP contribution in [0.15, 0.2) is 22.6 Å². The lowest BCUT2D eigenvalue weighted by Gasteiger charge is -2.34. The number of carbonyl (C=O) groups excluding carboxylic acids is 1. The van der Waals surface area contributed by atoms with Crippen molar-refractivity contribution in [1.29, 1.82) is 0 Å². The molecular weight excluding hydrogens is 408 g/mol. The molecular formula is C19H24N6O4S. The van der Waals surface area contributed by atoms with Gasteiger partial charge in [0, 0.05) is 24.4 Å². The van der Waals surface area contributed by atoms with Crippen LogP contribution in [0, 0.1) is 0 Å². The molecule has 4 heterocycles. The molecule has 2 aromatic heterocycles. The Hall–Kier alpha value is -2.63. The largest absolute Gasteiger partial charge is 0.384 e. The van der Waals surface area contributed by atoms with E-state index in [1.807, 2.05) is 6.92 Å². The Kier molecular flexibility index (Phi) is 5.67. The number of aromatic nitrogens is 3. The van der Waals surface area contributed by atoms with Crippen molar-refractivity contribution in [3.05, 3.63) is 23.9 Å². The van der Waals surface area contributed by atoms with E-state index in [0.717, 1.165) is 0 Å². The van der Waals surface area contributed by atoms with Gasteiger partial charge < -0.3 is 20.1 Å². The summed E-state index contributed by atoms with van der Waals surface area (Å²) in [6.07, 6.45) is 2.24. The number of nitrogen functional groups attached to an aromatic ring is 1. The molecule has 2 aliphatic rings. The van der Waals surface area contributed by atoms with Gasteiger partial charge in [0.2, 0.25) is 0 Å². The van der Waals surface area contributed by atoms with Crippen molar-refractivity contribution in [2.45, 2.75) is 18.2 Å². The van der Waals surface area contributed by atoms with Crippen LogP contribution < -0.4 is 10.6 Å². The lowest BCUT2D eigenvalue weighted by atomic mass is 10.2. The fraction of sp³-hybridized carbons (Fsp3) is 0.474. The van der Waals surface area contributed by atoms with Gasteiger partial charge in [-0.15, -0.1) is 0 Å². The lowest BCUT2D eigenvalue weighted by Crippen LogP contribution is -2.44. The number of hydrogen-bond donors (Lipinski definition) is 1. The fourth-order valence-corrected chi connectivity index (χ4v) is 4.61. The molecule has 11 heteroatoms. The molecule has 0 spiro atoms. The highest BCUT2D eigenvalue weighted by molar-refractivity contribution is 7.93. The second kappa shape index (κ2) is 8.25. The van der Waals surface area contributed by atoms with Gasteiger partial charge in [-0.3, -0.25) is 4.79 Å². The van der Waals surface area contributed by atoms with Crippen molar-refractivity contribution in [3.63, 3.8) is 0 Å². The number of anilines is 2. The zero-order valence-corrected chi connectivity index (χ0v) is 17.7. The molecule has 4 rings (SSSR count). The maximum atomic E-state index is 13.1. The van der Waals surface area contributed by atoms with Crippen molar-refractivity contribution in [2.75, 3.05) is 49.9 Å². The number of morpholine rings is 1. The van der Waals surface area contributed by atoms with E-state index in [1.54, 1.807) is 24.5 Å². The molecule has 0 saturated carbocycles. The number of carbonyl (C=O) groups is 1. The van der Waals surface area contributed by atoms with Crippen LogP contribution in [0.1, 0.15) is 17.4 Å². The smallest absolute Gasteiger partial charge is 0.168 e. The Bertz CT molecular complexity index is 1080. The maximum Gasteiger partial charge on any atom is 0.168 e. The third-order valence-corrected chi connectivity index (χ3v) is 7.16. The Morgan fingerprint density at radius 2 is 2.00 bits per heavy atom. The minimum atomic E-state index is -2.53. The van der Waals surface area contributed by atoms with Crippen molar-refractivity contribution < 1.29 is 18.5 Å². The molecule has 2 fully saturated rings. The third kappa shape index (κ3) is 4.27. The van der Waals surface area contributed by atoms with E-state index < -0.39 is 9.73 Å². The summed E-state index contributed by atoms with van der Waals surface area (Å²) in [6.45, 7) is 4.71. The number of aldehydes is 1. The Labute approximate surface area is 175 Å². The highest BCUT2D eigenvalue weighted by Gasteiger charge is 2.28. The Balaban J connectivity index is 1.84. The van der Waals surface area contributed by atoms with Crippen molar-refractivity contribution in [2.24, 2.45) is 4.36 Å². The molecule has 0 aliphatic carbocycles. The molecule has 10 nitrogen and oxygen atoms in total. The average Bonchev–Trinajstić information content (AvgIpc) is 2.65. The first-order valence-corrected chi connectivity index (χ1v) is 11.6. The molecule has 0 amide bonds. The molecule has 2 N–H and O–H groups in total. The van der Waals surface area contributed by atoms with Crippen LogP contribution in [0.3, 0.4) is 0 Å². The second-order valence-corrected chi connectivity index (χ2v) is 10.0. The number of nitrogens with two attached hydrogens (primary N) is 1. The highest BCUT2D eigenvalue weighted by Crippen LogP contribution is 2.28. The molecule has 0 aromatic carbocycles. The van der Waals surface area contributed by atoms with Crippen molar-refractivity contribution >= 4 is 33.5 Å². The normalized spacial score (nSPS) is 21.5. The molecule has 0 radical (unpaired) electrons. The molecule has 30 heavy (non-hydrogen) atoms. The summed E-state index contributed by atoms with van der Waals surface area (Å²) < 4.78 is 28.2. The van der Waals surface area contributed by atoms with E-state index in [2.05, 4.69) is 24.2 Å². The van der Waals surface area contributed by atoms with Gasteiger partial charge >= 0.3 is 0 Å². The van der Waals surface area contributed by atoms with Crippen LogP contribution in [0.5, 0.6) is 0 Å². The first-order valence-electron chi connectivity index (χ1n) is 9.61. The summed E-state index contributed by atoms with van der Waals surface area (Å²) in [4.78, 5) is 26.5. The van der Waals surface area contributed by atoms with Crippen molar-refractivity contribution in [3.8, 4) is 11.4 Å². The summed E-state index contributed by atoms with van der Waals surface area (Å²) in [5.41, 5.74) is 6.57. The Morgan fingerprint density at radius 3 is 2.67 bits per heavy atom. The first-order chi connectivity index (χ1) is 14.4. The minimum Gasteiger partial charge on any atom is -0.384 e. The van der Waals surface area contributed by atoms with Crippen LogP contribution in [-0.4, -0.2) is 76.0 Å². The molecule has 1 unspecified atom stereocenters. The van der Waals surface area contributed by atoms with Crippen LogP contribution in [0.4, 0.5) is 17.5 Å². The van der Waals surface area contributed by atoms with Crippen LogP contribution in [0.2, 0.25) is 0 Å². The van der Waals surface area contributed by atoms with Gasteiger partial charge in [-0.05, 0) is 19.1 Å². The standard InChI is InChI=1S/C19H24N6O4S/c1-12-9-28-4-3-25(12)18-7-17(24-30(2,27)15-10-29-11-15)22-19(23-18)13-5-14(8-26)21-16(20)6-13/h5-8,12,15H,3-4,9-11H2,1-2H3,(H2,20,21)/t12-,30?/m1/s1. The predicted molar refractivity (Wildman–Crippen MR) is 113 cm³/mol. The monoisotopic (exact) mass is 432 g/mol. The van der Waals surface area contributed by atoms with Crippen LogP contribution >= 0.6 is 0 Å². The maximum absolute atomic E-state index is 13.1. The number of nitrogens with zero attached hydrogens (tertiary/aromatic N) is 5. The van der Waals surface area contributed by atoms with Gasteiger partial charge in [-0.25, -0.2) is 19.2 Å². The Morgan fingerprint density at radius 1 is 1.20 bits per heavy atom. The lowest BCUT2D eigenvalue weighted by molar-refractivity contribution is 0.0431. The fourth-order valence-electron chi connectivity index (χ4n) is 3.30. The SMILES string of the molecule is C[C@@H]1COCCN1c1cc(N=S(C)(=O)C2COC2)nc(-c2cc(N)nc(C=O)c2)n1. The number of ether oxygens (including phenoxy) is 2. The summed E-state index contributed by atoms with van der Waals surface area (Å²) in [5, 5.41) is -0.125. The van der Waals surface area contributed by atoms with Gasteiger partial charge in [0.1, 0.15) is 17.3 Å². The topological polar surface area (TPSA) is 133 Å². The van der Waals surface area contributed by atoms with E-state index in [4.69, 9.17) is 15.2 Å². The van der Waals surface area contributed by atoms with Crippen molar-refractivity contribution in [1.82, 2.24) is 15.0 Å². The van der Waals surface area contributed by atoms with Crippen LogP contribution in [-0.2, 0) is 19.2 Å². The predicted octanol–water partition coefficient (Wildman–Crippen LogP) is 1.29. The molecule has 2 aromatic rings. The summed E-state index contributed by atoms with van der Waals surface area (Å²) in [5.74, 6) is 1.49. The highest BCUT2D eigenvalue weighted by atomic mass is 32.2. The average molecular weight is 433 g/mol. The van der Waals surface area contributed by atoms with E-state index in [1.165, 1.54) is 0 Å². The van der Waals surface area contributed by atoms with Gasteiger partial charge in [0.15, 0.2) is 17.9 Å². The second-order valence-electron chi connectivity index (χ2n) is 7.46. The number of pyridine rings is 1. The van der Waals surface area contributed by atoms with E-state index in [-0.39, 0.29) is 22.8 Å². The van der Waals surface area contributed by atoms with Crippen LogP contribution in [0.25, 0.3) is 11.4 Å². The summed E-state index contributed by atoms with van der Waals surface area (Å²) in [7, 11) is -2.53.